The Morgan fingerprint density at radius 2 is 2.06 bits per heavy atom. The molecule has 0 spiro atoms. The van der Waals surface area contributed by atoms with Gasteiger partial charge >= 0.3 is 0 Å². The lowest BCUT2D eigenvalue weighted by molar-refractivity contribution is -0.386. The van der Waals surface area contributed by atoms with Gasteiger partial charge in [0.1, 0.15) is 11.9 Å². The maximum Gasteiger partial charge on any atom is 0.275 e. The summed E-state index contributed by atoms with van der Waals surface area (Å²) in [6, 6.07) is 2.77. The summed E-state index contributed by atoms with van der Waals surface area (Å²) in [5, 5.41) is 10.7. The molecule has 1 rings (SSSR count). The molecule has 94 valence electrons. The van der Waals surface area contributed by atoms with Crippen molar-refractivity contribution in [2.45, 2.75) is 13.0 Å². The summed E-state index contributed by atoms with van der Waals surface area (Å²) >= 11 is 0. The van der Waals surface area contributed by atoms with Crippen molar-refractivity contribution in [1.82, 2.24) is 0 Å². The highest BCUT2D eigenvalue weighted by molar-refractivity contribution is 7.86. The zero-order chi connectivity index (χ0) is 13.2. The quantitative estimate of drug-likeness (QED) is 0.469. The molecule has 0 bridgehead atoms. The maximum atomic E-state index is 13.0. The molecule has 0 saturated heterocycles. The summed E-state index contributed by atoms with van der Waals surface area (Å²) in [7, 11) is -3.77. The molecule has 0 aliphatic rings. The summed E-state index contributed by atoms with van der Waals surface area (Å²) in [4.78, 5) is 9.96. The highest BCUT2D eigenvalue weighted by Crippen LogP contribution is 2.28. The summed E-state index contributed by atoms with van der Waals surface area (Å²) in [6.45, 7) is 1.29. The van der Waals surface area contributed by atoms with Crippen LogP contribution in [0.3, 0.4) is 0 Å². The average molecular weight is 263 g/mol. The van der Waals surface area contributed by atoms with E-state index in [1.165, 1.54) is 6.92 Å². The van der Waals surface area contributed by atoms with E-state index in [1.54, 1.807) is 0 Å². The fourth-order valence-corrected chi connectivity index (χ4v) is 1.96. The predicted molar refractivity (Wildman–Crippen MR) is 57.4 cm³/mol. The average Bonchev–Trinajstić information content (AvgIpc) is 2.14. The molecule has 0 aromatic heterocycles. The van der Waals surface area contributed by atoms with Crippen molar-refractivity contribution in [3.63, 3.8) is 0 Å². The van der Waals surface area contributed by atoms with Crippen LogP contribution in [0.2, 0.25) is 0 Å². The third kappa shape index (κ3) is 3.75. The first-order valence-corrected chi connectivity index (χ1v) is 6.34. The first-order valence-electron chi connectivity index (χ1n) is 4.53. The Bertz CT molecular complexity index is 542. The van der Waals surface area contributed by atoms with Gasteiger partial charge in [0, 0.05) is 6.07 Å². The van der Waals surface area contributed by atoms with Crippen molar-refractivity contribution in [2.75, 3.05) is 6.26 Å². The normalized spacial score (nSPS) is 13.4. The van der Waals surface area contributed by atoms with Crippen LogP contribution < -0.4 is 0 Å². The molecule has 0 fully saturated rings. The molecule has 0 aliphatic heterocycles. The monoisotopic (exact) mass is 263 g/mol. The van der Waals surface area contributed by atoms with Crippen LogP contribution in [0.1, 0.15) is 18.6 Å². The minimum absolute atomic E-state index is 0.125. The number of halogens is 1. The Morgan fingerprint density at radius 3 is 2.53 bits per heavy atom. The molecule has 0 aliphatic carbocycles. The Balaban J connectivity index is 3.19. The summed E-state index contributed by atoms with van der Waals surface area (Å²) in [5.41, 5.74) is -0.511. The van der Waals surface area contributed by atoms with Crippen LogP contribution in [0.25, 0.3) is 0 Å². The second-order valence-electron chi connectivity index (χ2n) is 3.40. The van der Waals surface area contributed by atoms with Crippen molar-refractivity contribution < 1.29 is 21.9 Å². The van der Waals surface area contributed by atoms with Crippen LogP contribution in [-0.2, 0) is 14.3 Å². The van der Waals surface area contributed by atoms with Gasteiger partial charge in [-0.25, -0.2) is 4.39 Å². The van der Waals surface area contributed by atoms with Crippen molar-refractivity contribution in [3.8, 4) is 0 Å². The zero-order valence-electron chi connectivity index (χ0n) is 9.08. The van der Waals surface area contributed by atoms with Gasteiger partial charge < -0.3 is 0 Å². The maximum absolute atomic E-state index is 13.0. The Labute approximate surface area is 97.3 Å². The van der Waals surface area contributed by atoms with E-state index in [4.69, 9.17) is 0 Å². The molecule has 0 saturated carbocycles. The lowest BCUT2D eigenvalue weighted by Crippen LogP contribution is -2.09. The molecule has 0 amide bonds. The van der Waals surface area contributed by atoms with Crippen molar-refractivity contribution in [1.29, 1.82) is 0 Å². The van der Waals surface area contributed by atoms with Gasteiger partial charge in [0.05, 0.1) is 16.7 Å². The molecule has 0 radical (unpaired) electrons. The molecule has 17 heavy (non-hydrogen) atoms. The Hall–Kier alpha value is -1.54. The van der Waals surface area contributed by atoms with E-state index >= 15 is 0 Å². The van der Waals surface area contributed by atoms with E-state index in [0.717, 1.165) is 24.5 Å². The first-order chi connectivity index (χ1) is 7.70. The molecule has 1 aromatic carbocycles. The SMILES string of the molecule is CC(OS(C)(=O)=O)c1cc(F)ccc1[N+](=O)[O-]. The minimum atomic E-state index is -3.77. The first kappa shape index (κ1) is 13.5. The molecule has 1 atom stereocenters. The standard InChI is InChI=1S/C9H10FNO5S/c1-6(16-17(2,14)15)8-5-7(10)3-4-9(8)11(12)13/h3-6H,1-2H3. The Kier molecular flexibility index (Phi) is 3.79. The summed E-state index contributed by atoms with van der Waals surface area (Å²) in [5.74, 6) is -0.699. The highest BCUT2D eigenvalue weighted by Gasteiger charge is 2.23. The van der Waals surface area contributed by atoms with Crippen LogP contribution in [0.15, 0.2) is 18.2 Å². The number of nitrogens with zero attached hydrogens (tertiary/aromatic N) is 1. The van der Waals surface area contributed by atoms with Gasteiger partial charge in [0.25, 0.3) is 15.8 Å². The second-order valence-corrected chi connectivity index (χ2v) is 5.00. The van der Waals surface area contributed by atoms with Gasteiger partial charge in [0.15, 0.2) is 0 Å². The molecule has 0 heterocycles. The number of nitro groups is 1. The number of benzene rings is 1. The van der Waals surface area contributed by atoms with Gasteiger partial charge in [-0.2, -0.15) is 8.42 Å². The fraction of sp³-hybridized carbons (Fsp3) is 0.333. The van der Waals surface area contributed by atoms with E-state index < -0.39 is 27.0 Å². The van der Waals surface area contributed by atoms with Gasteiger partial charge in [-0.1, -0.05) is 0 Å². The fourth-order valence-electron chi connectivity index (χ4n) is 1.33. The van der Waals surface area contributed by atoms with Crippen molar-refractivity contribution in [2.24, 2.45) is 0 Å². The third-order valence-corrected chi connectivity index (χ3v) is 2.58. The van der Waals surface area contributed by atoms with Crippen LogP contribution in [0.4, 0.5) is 10.1 Å². The van der Waals surface area contributed by atoms with E-state index in [9.17, 15) is 22.9 Å². The molecule has 1 aromatic rings. The van der Waals surface area contributed by atoms with E-state index in [-0.39, 0.29) is 11.3 Å². The van der Waals surface area contributed by atoms with Crippen molar-refractivity contribution in [3.05, 3.63) is 39.7 Å². The molecule has 8 heteroatoms. The number of rotatable bonds is 4. The summed E-state index contributed by atoms with van der Waals surface area (Å²) in [6.07, 6.45) is -0.310. The van der Waals surface area contributed by atoms with Gasteiger partial charge in [-0.15, -0.1) is 0 Å². The van der Waals surface area contributed by atoms with E-state index in [2.05, 4.69) is 4.18 Å². The number of hydrogen-bond donors (Lipinski definition) is 0. The predicted octanol–water partition coefficient (Wildman–Crippen LogP) is 1.77. The van der Waals surface area contributed by atoms with Gasteiger partial charge in [0.2, 0.25) is 0 Å². The van der Waals surface area contributed by atoms with Gasteiger partial charge in [-0.3, -0.25) is 14.3 Å². The summed E-state index contributed by atoms with van der Waals surface area (Å²) < 4.78 is 39.3. The molecular weight excluding hydrogens is 253 g/mol. The van der Waals surface area contributed by atoms with Crippen LogP contribution in [0.5, 0.6) is 0 Å². The van der Waals surface area contributed by atoms with Crippen LogP contribution >= 0.6 is 0 Å². The topological polar surface area (TPSA) is 86.5 Å². The highest BCUT2D eigenvalue weighted by atomic mass is 32.2. The number of hydrogen-bond acceptors (Lipinski definition) is 5. The lowest BCUT2D eigenvalue weighted by Gasteiger charge is -2.11. The van der Waals surface area contributed by atoms with Crippen LogP contribution in [0, 0.1) is 15.9 Å². The molecule has 6 nitrogen and oxygen atoms in total. The largest absolute Gasteiger partial charge is 0.275 e. The van der Waals surface area contributed by atoms with Crippen LogP contribution in [-0.4, -0.2) is 19.6 Å². The van der Waals surface area contributed by atoms with Crippen molar-refractivity contribution >= 4 is 15.8 Å². The molecule has 0 N–H and O–H groups in total. The Morgan fingerprint density at radius 1 is 1.47 bits per heavy atom. The number of nitro benzene ring substituents is 1. The van der Waals surface area contributed by atoms with E-state index in [1.807, 2.05) is 0 Å². The minimum Gasteiger partial charge on any atom is -0.262 e. The lowest BCUT2D eigenvalue weighted by atomic mass is 10.1. The van der Waals surface area contributed by atoms with E-state index in [0.29, 0.717) is 0 Å². The molecular formula is C9H10FNO5S. The smallest absolute Gasteiger partial charge is 0.262 e. The zero-order valence-corrected chi connectivity index (χ0v) is 9.90. The second kappa shape index (κ2) is 4.76. The van der Waals surface area contributed by atoms with Gasteiger partial charge in [-0.05, 0) is 19.1 Å². The third-order valence-electron chi connectivity index (χ3n) is 1.94. The molecule has 1 unspecified atom stereocenters.